The molecule has 4 aromatic rings. The van der Waals surface area contributed by atoms with Gasteiger partial charge in [-0.25, -0.2) is 4.79 Å². The highest BCUT2D eigenvalue weighted by atomic mass is 16.5. The summed E-state index contributed by atoms with van der Waals surface area (Å²) in [4.78, 5) is 52.3. The molecule has 324 valence electrons. The van der Waals surface area contributed by atoms with Gasteiger partial charge in [0, 0.05) is 105 Å². The summed E-state index contributed by atoms with van der Waals surface area (Å²) in [6.45, 7) is 9.25. The van der Waals surface area contributed by atoms with Crippen molar-refractivity contribution in [1.29, 1.82) is 0 Å². The molecule has 0 bridgehead atoms. The van der Waals surface area contributed by atoms with Gasteiger partial charge in [-0.2, -0.15) is 0 Å². The van der Waals surface area contributed by atoms with Crippen molar-refractivity contribution < 1.29 is 33.8 Å². The zero-order valence-electron chi connectivity index (χ0n) is 36.7. The zero-order chi connectivity index (χ0) is 42.8. The number of fused-ring (bicyclic) bond motifs is 6. The molecule has 2 aromatic carbocycles. The van der Waals surface area contributed by atoms with Crippen molar-refractivity contribution >= 4 is 45.5 Å². The highest BCUT2D eigenvalue weighted by Gasteiger charge is 2.33. The quantitative estimate of drug-likeness (QED) is 0.195. The summed E-state index contributed by atoms with van der Waals surface area (Å²) in [6, 6.07) is 10.4. The van der Waals surface area contributed by atoms with E-state index in [1.807, 2.05) is 37.3 Å². The average Bonchev–Trinajstić information content (AvgIpc) is 3.73. The molecule has 12 nitrogen and oxygen atoms in total. The maximum atomic E-state index is 13.2. The molecular weight excluding hydrogens is 759 g/mol. The Labute approximate surface area is 354 Å². The lowest BCUT2D eigenvalue weighted by Gasteiger charge is -2.33. The second-order valence-electron chi connectivity index (χ2n) is 17.8. The van der Waals surface area contributed by atoms with E-state index in [4.69, 9.17) is 9.47 Å². The largest absolute Gasteiger partial charge is 0.480 e. The molecule has 2 aliphatic heterocycles. The SMILES string of the molecule is CCNC(=O)[C@@H](C)N(C)C(=O)c1ccc2c(c1)c1c(n2C)CCC(C2CCOCC2)C1.C[C@H](C(=O)O)N(C)C(=O)c1ccc2c(c1)c1c(n2C)CCC(C2CCOCC2)C1. The third-order valence-corrected chi connectivity index (χ3v) is 14.6. The molecule has 4 aliphatic rings. The molecule has 2 N–H and O–H groups in total. The van der Waals surface area contributed by atoms with Gasteiger partial charge in [-0.05, 0) is 156 Å². The Bertz CT molecular complexity index is 2230. The normalized spacial score (nSPS) is 20.6. The number of amides is 3. The van der Waals surface area contributed by atoms with E-state index in [2.05, 4.69) is 34.6 Å². The molecule has 2 aliphatic carbocycles. The summed E-state index contributed by atoms with van der Waals surface area (Å²) in [7, 11) is 7.50. The predicted octanol–water partition coefficient (Wildman–Crippen LogP) is 6.56. The van der Waals surface area contributed by atoms with Crippen LogP contribution in [0.4, 0.5) is 0 Å². The van der Waals surface area contributed by atoms with Crippen LogP contribution < -0.4 is 5.32 Å². The number of likely N-dealkylation sites (N-methyl/N-ethyl adjacent to an activating group) is 3. The molecule has 0 spiro atoms. The second kappa shape index (κ2) is 18.5. The first-order valence-electron chi connectivity index (χ1n) is 22.2. The highest BCUT2D eigenvalue weighted by molar-refractivity contribution is 6.02. The van der Waals surface area contributed by atoms with Crippen molar-refractivity contribution in [3.63, 3.8) is 0 Å². The van der Waals surface area contributed by atoms with Crippen LogP contribution in [-0.4, -0.2) is 107 Å². The van der Waals surface area contributed by atoms with E-state index in [0.29, 0.717) is 29.5 Å². The summed E-state index contributed by atoms with van der Waals surface area (Å²) in [6.07, 6.45) is 11.4. The number of carboxylic acid groups (broad SMARTS) is 1. The number of carbonyl (C=O) groups is 4. The summed E-state index contributed by atoms with van der Waals surface area (Å²) in [5, 5.41) is 14.4. The van der Waals surface area contributed by atoms with Crippen molar-refractivity contribution in [2.75, 3.05) is 47.1 Å². The van der Waals surface area contributed by atoms with Crippen LogP contribution in [-0.2, 0) is 58.8 Å². The first-order chi connectivity index (χ1) is 28.8. The van der Waals surface area contributed by atoms with E-state index < -0.39 is 18.1 Å². The van der Waals surface area contributed by atoms with Crippen molar-refractivity contribution in [2.24, 2.45) is 37.8 Å². The molecule has 2 unspecified atom stereocenters. The summed E-state index contributed by atoms with van der Waals surface area (Å²) >= 11 is 0. The topological polar surface area (TPSA) is 135 Å². The van der Waals surface area contributed by atoms with Crippen LogP contribution >= 0.6 is 0 Å². The van der Waals surface area contributed by atoms with Gasteiger partial charge in [0.15, 0.2) is 0 Å². The van der Waals surface area contributed by atoms with Crippen LogP contribution in [0, 0.1) is 23.7 Å². The first-order valence-corrected chi connectivity index (χ1v) is 22.2. The number of aromatic nitrogens is 2. The predicted molar refractivity (Wildman–Crippen MR) is 233 cm³/mol. The molecule has 12 heteroatoms. The standard InChI is InChI=1S/C25H35N3O3.C23H30N2O4/c1-5-26-24(29)16(2)27(3)25(30)19-7-9-23-21(15-19)20-14-18(6-8-22(20)28(23)4)17-10-12-31-13-11-17;1-14(23(27)28)24(2)22(26)17-5-7-21-19(13-17)18-12-16(4-6-20(18)25(21)3)15-8-10-29-11-9-15/h7,9,15-18H,5-6,8,10-14H2,1-4H3,(H,26,29);5,7,13-16H,4,6,8-12H2,1-3H3,(H,27,28)/t16-,18?;14-,16?/m11/s1. The maximum Gasteiger partial charge on any atom is 0.326 e. The minimum atomic E-state index is -1.00. The maximum absolute atomic E-state index is 13.2. The van der Waals surface area contributed by atoms with E-state index in [1.54, 1.807) is 21.0 Å². The van der Waals surface area contributed by atoms with Gasteiger partial charge in [0.25, 0.3) is 11.8 Å². The van der Waals surface area contributed by atoms with Crippen molar-refractivity contribution in [3.05, 3.63) is 70.0 Å². The Kier molecular flexibility index (Phi) is 13.4. The number of benzene rings is 2. The summed E-state index contributed by atoms with van der Waals surface area (Å²) in [5.74, 6) is 1.33. The molecule has 0 saturated carbocycles. The van der Waals surface area contributed by atoms with Crippen LogP contribution in [0.15, 0.2) is 36.4 Å². The number of carbonyl (C=O) groups excluding carboxylic acids is 3. The lowest BCUT2D eigenvalue weighted by molar-refractivity contribution is -0.141. The Balaban J connectivity index is 0.000000182. The molecule has 3 amide bonds. The molecular formula is C48H65N5O7. The number of aliphatic carboxylic acids is 1. The third kappa shape index (κ3) is 8.59. The molecule has 4 heterocycles. The number of rotatable bonds is 9. The Morgan fingerprint density at radius 3 is 1.50 bits per heavy atom. The van der Waals surface area contributed by atoms with Crippen molar-refractivity contribution in [3.8, 4) is 0 Å². The van der Waals surface area contributed by atoms with E-state index in [9.17, 15) is 24.3 Å². The summed E-state index contributed by atoms with van der Waals surface area (Å²) < 4.78 is 15.7. The van der Waals surface area contributed by atoms with Crippen LogP contribution in [0.25, 0.3) is 21.8 Å². The lowest BCUT2D eigenvalue weighted by Crippen LogP contribution is -2.45. The number of nitrogens with one attached hydrogen (secondary N) is 1. The third-order valence-electron chi connectivity index (χ3n) is 14.6. The van der Waals surface area contributed by atoms with Crippen LogP contribution in [0.1, 0.15) is 103 Å². The Hall–Kier alpha value is -4.68. The fourth-order valence-electron chi connectivity index (χ4n) is 10.5. The fourth-order valence-corrected chi connectivity index (χ4v) is 10.5. The smallest absolute Gasteiger partial charge is 0.326 e. The number of ether oxygens (including phenoxy) is 2. The lowest BCUT2D eigenvalue weighted by atomic mass is 9.75. The van der Waals surface area contributed by atoms with Crippen LogP contribution in [0.2, 0.25) is 0 Å². The van der Waals surface area contributed by atoms with Gasteiger partial charge in [0.2, 0.25) is 5.91 Å². The van der Waals surface area contributed by atoms with Gasteiger partial charge < -0.3 is 38.8 Å². The minimum Gasteiger partial charge on any atom is -0.480 e. The minimum absolute atomic E-state index is 0.116. The number of hydrogen-bond acceptors (Lipinski definition) is 6. The van der Waals surface area contributed by atoms with Gasteiger partial charge in [-0.1, -0.05) is 0 Å². The first kappa shape index (κ1) is 43.4. The zero-order valence-corrected chi connectivity index (χ0v) is 36.7. The highest BCUT2D eigenvalue weighted by Crippen LogP contribution is 2.41. The molecule has 0 radical (unpaired) electrons. The van der Waals surface area contributed by atoms with Gasteiger partial charge in [-0.15, -0.1) is 0 Å². The van der Waals surface area contributed by atoms with E-state index >= 15 is 0 Å². The van der Waals surface area contributed by atoms with Crippen molar-refractivity contribution in [1.82, 2.24) is 24.3 Å². The number of carboxylic acids is 1. The fraction of sp³-hybridized carbons (Fsp3) is 0.583. The van der Waals surface area contributed by atoms with Gasteiger partial charge in [0.05, 0.1) is 0 Å². The second-order valence-corrected chi connectivity index (χ2v) is 17.8. The molecule has 2 fully saturated rings. The molecule has 2 saturated heterocycles. The molecule has 8 rings (SSSR count). The molecule has 60 heavy (non-hydrogen) atoms. The van der Waals surface area contributed by atoms with Crippen LogP contribution in [0.3, 0.4) is 0 Å². The number of aryl methyl sites for hydroxylation is 2. The Morgan fingerprint density at radius 1 is 0.683 bits per heavy atom. The van der Waals surface area contributed by atoms with E-state index in [-0.39, 0.29) is 17.7 Å². The average molecular weight is 824 g/mol. The molecule has 2 aromatic heterocycles. The molecule has 4 atom stereocenters. The van der Waals surface area contributed by atoms with Crippen LogP contribution in [0.5, 0.6) is 0 Å². The number of hydrogen-bond donors (Lipinski definition) is 2. The number of nitrogens with zero attached hydrogens (tertiary/aromatic N) is 4. The monoisotopic (exact) mass is 823 g/mol. The van der Waals surface area contributed by atoms with Gasteiger partial charge in [0.1, 0.15) is 12.1 Å². The van der Waals surface area contributed by atoms with Crippen molar-refractivity contribution in [2.45, 2.75) is 97.1 Å². The van der Waals surface area contributed by atoms with Gasteiger partial charge >= 0.3 is 5.97 Å². The van der Waals surface area contributed by atoms with E-state index in [0.717, 1.165) is 101 Å². The Morgan fingerprint density at radius 2 is 1.10 bits per heavy atom. The van der Waals surface area contributed by atoms with E-state index in [1.165, 1.54) is 63.0 Å². The summed E-state index contributed by atoms with van der Waals surface area (Å²) in [5.41, 5.74) is 9.10. The van der Waals surface area contributed by atoms with Gasteiger partial charge in [-0.3, -0.25) is 14.4 Å².